The van der Waals surface area contributed by atoms with Gasteiger partial charge in [0.1, 0.15) is 17.3 Å². The number of sulfonamides is 1. The van der Waals surface area contributed by atoms with Crippen LogP contribution in [0, 0.1) is 0 Å². The van der Waals surface area contributed by atoms with Crippen LogP contribution in [0.3, 0.4) is 0 Å². The largest absolute Gasteiger partial charge is 0.402 e. The van der Waals surface area contributed by atoms with Gasteiger partial charge >= 0.3 is 6.18 Å². The first kappa shape index (κ1) is 17.7. The minimum Gasteiger partial charge on any atom is -0.383 e. The average Bonchev–Trinajstić information content (AvgIpc) is 2.78. The minimum absolute atomic E-state index is 0.140. The number of rotatable bonds is 8. The van der Waals surface area contributed by atoms with Crippen molar-refractivity contribution >= 4 is 15.8 Å². The number of hydrogen-bond acceptors (Lipinski definition) is 5. The van der Waals surface area contributed by atoms with Crippen molar-refractivity contribution in [3.05, 3.63) is 6.20 Å². The van der Waals surface area contributed by atoms with E-state index in [9.17, 15) is 21.6 Å². The van der Waals surface area contributed by atoms with Crippen LogP contribution in [-0.4, -0.2) is 55.4 Å². The summed E-state index contributed by atoms with van der Waals surface area (Å²) in [5.41, 5.74) is 5.37. The van der Waals surface area contributed by atoms with Gasteiger partial charge in [0.15, 0.2) is 0 Å². The van der Waals surface area contributed by atoms with Crippen molar-refractivity contribution < 1.29 is 26.3 Å². The lowest BCUT2D eigenvalue weighted by Gasteiger charge is -2.22. The maximum atomic E-state index is 12.6. The van der Waals surface area contributed by atoms with Crippen molar-refractivity contribution in [2.75, 3.05) is 32.0 Å². The van der Waals surface area contributed by atoms with E-state index in [2.05, 4.69) is 10.2 Å². The molecule has 0 aliphatic carbocycles. The molecule has 0 spiro atoms. The topological polar surface area (TPSA) is 101 Å². The van der Waals surface area contributed by atoms with Gasteiger partial charge in [0.05, 0.1) is 6.20 Å². The molecular formula is C10H17F3N4O3S. The van der Waals surface area contributed by atoms with Crippen LogP contribution in [-0.2, 0) is 14.8 Å². The van der Waals surface area contributed by atoms with Crippen LogP contribution < -0.4 is 5.73 Å². The minimum atomic E-state index is -4.66. The lowest BCUT2D eigenvalue weighted by Crippen LogP contribution is -2.40. The Kier molecular flexibility index (Phi) is 5.98. The Morgan fingerprint density at radius 3 is 2.62 bits per heavy atom. The van der Waals surface area contributed by atoms with Gasteiger partial charge < -0.3 is 10.5 Å². The van der Waals surface area contributed by atoms with Gasteiger partial charge in [-0.05, 0) is 13.3 Å². The van der Waals surface area contributed by atoms with E-state index >= 15 is 0 Å². The predicted octanol–water partition coefficient (Wildman–Crippen LogP) is 0.972. The predicted molar refractivity (Wildman–Crippen MR) is 68.9 cm³/mol. The first-order chi connectivity index (χ1) is 9.68. The number of nitrogens with one attached hydrogen (secondary N) is 1. The van der Waals surface area contributed by atoms with Gasteiger partial charge in [-0.25, -0.2) is 8.42 Å². The molecule has 7 nitrogen and oxygen atoms in total. The lowest BCUT2D eigenvalue weighted by atomic mass is 10.4. The van der Waals surface area contributed by atoms with E-state index in [1.807, 2.05) is 0 Å². The normalized spacial score (nSPS) is 13.0. The quantitative estimate of drug-likeness (QED) is 0.692. The molecule has 21 heavy (non-hydrogen) atoms. The number of ether oxygens (including phenoxy) is 1. The Hall–Kier alpha value is -1.33. The number of nitrogens with zero attached hydrogens (tertiary/aromatic N) is 2. The van der Waals surface area contributed by atoms with Gasteiger partial charge in [-0.3, -0.25) is 5.10 Å². The molecule has 0 fully saturated rings. The van der Waals surface area contributed by atoms with E-state index in [-0.39, 0.29) is 25.4 Å². The molecule has 0 aliphatic rings. The van der Waals surface area contributed by atoms with Crippen molar-refractivity contribution in [2.24, 2.45) is 0 Å². The SMILES string of the molecule is CCOCCCN(CC(F)(F)F)S(=O)(=O)c1cn[nH]c1N. The summed E-state index contributed by atoms with van der Waals surface area (Å²) in [5.74, 6) is -0.299. The second-order valence-electron chi connectivity index (χ2n) is 4.15. The number of H-pyrrole nitrogens is 1. The van der Waals surface area contributed by atoms with Crippen LogP contribution in [0.1, 0.15) is 13.3 Å². The lowest BCUT2D eigenvalue weighted by molar-refractivity contribution is -0.136. The Morgan fingerprint density at radius 2 is 2.14 bits per heavy atom. The van der Waals surface area contributed by atoms with Crippen molar-refractivity contribution in [1.82, 2.24) is 14.5 Å². The maximum Gasteiger partial charge on any atom is 0.402 e. The first-order valence-corrected chi connectivity index (χ1v) is 7.56. The molecule has 0 aliphatic heterocycles. The smallest absolute Gasteiger partial charge is 0.383 e. The standard InChI is InChI=1S/C10H17F3N4O3S/c1-2-20-5-3-4-17(7-10(11,12)13)21(18,19)8-6-15-16-9(8)14/h6H,2-5,7H2,1H3,(H3,14,15,16). The van der Waals surface area contributed by atoms with Crippen molar-refractivity contribution in [3.8, 4) is 0 Å². The molecule has 0 radical (unpaired) electrons. The Morgan fingerprint density at radius 1 is 1.48 bits per heavy atom. The fraction of sp³-hybridized carbons (Fsp3) is 0.700. The Balaban J connectivity index is 2.92. The van der Waals surface area contributed by atoms with Crippen LogP contribution in [0.2, 0.25) is 0 Å². The van der Waals surface area contributed by atoms with E-state index in [1.165, 1.54) is 0 Å². The number of halogens is 3. The Bertz CT molecular complexity index is 544. The molecule has 0 saturated heterocycles. The molecule has 1 aromatic heterocycles. The number of aromatic nitrogens is 2. The monoisotopic (exact) mass is 330 g/mol. The zero-order chi connectivity index (χ0) is 16.1. The number of hydrogen-bond donors (Lipinski definition) is 2. The van der Waals surface area contributed by atoms with Gasteiger partial charge in [0.2, 0.25) is 10.0 Å². The molecule has 0 amide bonds. The van der Waals surface area contributed by atoms with Gasteiger partial charge in [-0.1, -0.05) is 0 Å². The molecule has 11 heteroatoms. The summed E-state index contributed by atoms with van der Waals surface area (Å²) in [6, 6.07) is 0. The second kappa shape index (κ2) is 7.09. The van der Waals surface area contributed by atoms with Crippen LogP contribution in [0.4, 0.5) is 19.0 Å². The third-order valence-corrected chi connectivity index (χ3v) is 4.38. The summed E-state index contributed by atoms with van der Waals surface area (Å²) in [4.78, 5) is -0.469. The fourth-order valence-corrected chi connectivity index (χ4v) is 3.07. The maximum absolute atomic E-state index is 12.6. The molecule has 1 heterocycles. The summed E-state index contributed by atoms with van der Waals surface area (Å²) in [6.07, 6.45) is -3.63. The average molecular weight is 330 g/mol. The zero-order valence-electron chi connectivity index (χ0n) is 11.4. The number of anilines is 1. The van der Waals surface area contributed by atoms with Crippen LogP contribution >= 0.6 is 0 Å². The fourth-order valence-electron chi connectivity index (χ4n) is 1.60. The van der Waals surface area contributed by atoms with E-state index in [1.54, 1.807) is 6.92 Å². The molecule has 1 aromatic rings. The van der Waals surface area contributed by atoms with Crippen molar-refractivity contribution in [3.63, 3.8) is 0 Å². The van der Waals surface area contributed by atoms with E-state index in [0.717, 1.165) is 6.20 Å². The summed E-state index contributed by atoms with van der Waals surface area (Å²) in [5, 5.41) is 5.60. The highest BCUT2D eigenvalue weighted by Gasteiger charge is 2.37. The molecule has 122 valence electrons. The van der Waals surface area contributed by atoms with Crippen LogP contribution in [0.5, 0.6) is 0 Å². The van der Waals surface area contributed by atoms with Gasteiger partial charge in [-0.15, -0.1) is 0 Å². The van der Waals surface area contributed by atoms with E-state index in [4.69, 9.17) is 10.5 Å². The third-order valence-electron chi connectivity index (χ3n) is 2.51. The van der Waals surface area contributed by atoms with Gasteiger partial charge in [-0.2, -0.15) is 22.6 Å². The molecular weight excluding hydrogens is 313 g/mol. The molecule has 0 unspecified atom stereocenters. The molecule has 1 rings (SSSR count). The first-order valence-electron chi connectivity index (χ1n) is 6.12. The van der Waals surface area contributed by atoms with Gasteiger partial charge in [0.25, 0.3) is 0 Å². The van der Waals surface area contributed by atoms with Crippen molar-refractivity contribution in [1.29, 1.82) is 0 Å². The molecule has 0 bridgehead atoms. The van der Waals surface area contributed by atoms with E-state index < -0.39 is 27.6 Å². The zero-order valence-corrected chi connectivity index (χ0v) is 12.2. The van der Waals surface area contributed by atoms with E-state index in [0.29, 0.717) is 10.9 Å². The molecule has 0 saturated carbocycles. The number of nitrogen functional groups attached to an aromatic ring is 1. The van der Waals surface area contributed by atoms with Crippen LogP contribution in [0.15, 0.2) is 11.1 Å². The molecule has 3 N–H and O–H groups in total. The second-order valence-corrected chi connectivity index (χ2v) is 6.06. The summed E-state index contributed by atoms with van der Waals surface area (Å²) < 4.78 is 67.4. The van der Waals surface area contributed by atoms with Gasteiger partial charge in [0, 0.05) is 19.8 Å². The Labute approximate surface area is 120 Å². The van der Waals surface area contributed by atoms with Crippen LogP contribution in [0.25, 0.3) is 0 Å². The number of aromatic amines is 1. The highest BCUT2D eigenvalue weighted by molar-refractivity contribution is 7.89. The number of nitrogens with two attached hydrogens (primary N) is 1. The summed E-state index contributed by atoms with van der Waals surface area (Å²) in [6.45, 7) is 0.386. The summed E-state index contributed by atoms with van der Waals surface area (Å²) >= 11 is 0. The summed E-state index contributed by atoms with van der Waals surface area (Å²) in [7, 11) is -4.37. The highest BCUT2D eigenvalue weighted by Crippen LogP contribution is 2.24. The van der Waals surface area contributed by atoms with Crippen molar-refractivity contribution in [2.45, 2.75) is 24.4 Å². The number of alkyl halides is 3. The highest BCUT2D eigenvalue weighted by atomic mass is 32.2. The molecule has 0 atom stereocenters. The molecule has 0 aromatic carbocycles. The third kappa shape index (κ3) is 5.17.